The molecule has 0 bridgehead atoms. The fourth-order valence-electron chi connectivity index (χ4n) is 3.54. The van der Waals surface area contributed by atoms with Crippen molar-refractivity contribution in [2.75, 3.05) is 6.79 Å². The fraction of sp³-hybridized carbons (Fsp3) is 0.174. The summed E-state index contributed by atoms with van der Waals surface area (Å²) in [5.74, 6) is -1.65. The number of benzene rings is 3. The van der Waals surface area contributed by atoms with Crippen molar-refractivity contribution in [1.29, 1.82) is 5.26 Å². The highest BCUT2D eigenvalue weighted by Gasteiger charge is 2.47. The van der Waals surface area contributed by atoms with E-state index in [9.17, 15) is 5.26 Å². The lowest BCUT2D eigenvalue weighted by atomic mass is 9.94. The molecular weight excluding hydrogens is 386 g/mol. The molecule has 0 radical (unpaired) electrons. The summed E-state index contributed by atoms with van der Waals surface area (Å²) in [6.45, 7) is 0.0606. The standard InChI is InChI=1S/C23H17NO6/c24-14-23(16-8-2-1-3-9-16)27-22(29-30-23)20-13-7-5-11-18(20)17-10-4-6-12-19(17)21-25-15-26-28-21/h1-13,21-22H,15H2/t21?,22-,23-/m0/s1. The highest BCUT2D eigenvalue weighted by molar-refractivity contribution is 5.71. The van der Waals surface area contributed by atoms with Crippen LogP contribution in [0.25, 0.3) is 11.1 Å². The summed E-state index contributed by atoms with van der Waals surface area (Å²) in [7, 11) is 0. The SMILES string of the molecule is N#C[C@@]1(c2ccccc2)OO[C@@H](c2ccccc2-c2ccccc2C2OCOO2)O1. The molecule has 2 aliphatic rings. The molecule has 0 spiro atoms. The smallest absolute Gasteiger partial charge is 0.316 e. The van der Waals surface area contributed by atoms with Crippen LogP contribution < -0.4 is 0 Å². The molecular formula is C23H17NO6. The minimum atomic E-state index is -1.65. The van der Waals surface area contributed by atoms with Gasteiger partial charge in [-0.2, -0.15) is 19.9 Å². The molecule has 30 heavy (non-hydrogen) atoms. The molecule has 2 saturated heterocycles. The van der Waals surface area contributed by atoms with Gasteiger partial charge in [-0.25, -0.2) is 4.89 Å². The van der Waals surface area contributed by atoms with Crippen molar-refractivity contribution in [3.05, 3.63) is 95.6 Å². The first-order valence-electron chi connectivity index (χ1n) is 9.38. The summed E-state index contributed by atoms with van der Waals surface area (Å²) in [5.41, 5.74) is 3.76. The van der Waals surface area contributed by atoms with Crippen LogP contribution in [0.4, 0.5) is 0 Å². The monoisotopic (exact) mass is 403 g/mol. The molecule has 3 atom stereocenters. The van der Waals surface area contributed by atoms with E-state index in [2.05, 4.69) is 6.07 Å². The zero-order valence-corrected chi connectivity index (χ0v) is 15.8. The van der Waals surface area contributed by atoms with Crippen molar-refractivity contribution in [3.63, 3.8) is 0 Å². The Kier molecular flexibility index (Phi) is 5.02. The van der Waals surface area contributed by atoms with Gasteiger partial charge in [-0.05, 0) is 11.1 Å². The van der Waals surface area contributed by atoms with Gasteiger partial charge in [0.1, 0.15) is 6.07 Å². The Morgan fingerprint density at radius 1 is 0.767 bits per heavy atom. The first-order valence-corrected chi connectivity index (χ1v) is 9.38. The largest absolute Gasteiger partial charge is 0.318 e. The van der Waals surface area contributed by atoms with Crippen LogP contribution >= 0.6 is 0 Å². The lowest BCUT2D eigenvalue weighted by Crippen LogP contribution is -2.24. The molecule has 2 heterocycles. The molecule has 0 aliphatic carbocycles. The van der Waals surface area contributed by atoms with Crippen molar-refractivity contribution >= 4 is 0 Å². The average Bonchev–Trinajstić information content (AvgIpc) is 3.51. The van der Waals surface area contributed by atoms with E-state index in [1.165, 1.54) is 0 Å². The minimum Gasteiger partial charge on any atom is -0.316 e. The summed E-state index contributed by atoms with van der Waals surface area (Å²) < 4.78 is 11.5. The predicted molar refractivity (Wildman–Crippen MR) is 102 cm³/mol. The normalized spacial score (nSPS) is 25.8. The van der Waals surface area contributed by atoms with Gasteiger partial charge in [0.25, 0.3) is 0 Å². The number of nitrogens with zero attached hydrogens (tertiary/aromatic N) is 1. The van der Waals surface area contributed by atoms with E-state index >= 15 is 0 Å². The lowest BCUT2D eigenvalue weighted by molar-refractivity contribution is -0.320. The maximum atomic E-state index is 9.78. The highest BCUT2D eigenvalue weighted by Crippen LogP contribution is 2.44. The van der Waals surface area contributed by atoms with Crippen molar-refractivity contribution in [2.24, 2.45) is 0 Å². The van der Waals surface area contributed by atoms with Crippen LogP contribution in [0, 0.1) is 11.3 Å². The third-order valence-electron chi connectivity index (χ3n) is 4.97. The third-order valence-corrected chi connectivity index (χ3v) is 4.97. The van der Waals surface area contributed by atoms with E-state index < -0.39 is 18.4 Å². The number of rotatable bonds is 4. The highest BCUT2D eigenvalue weighted by atomic mass is 17.3. The summed E-state index contributed by atoms with van der Waals surface area (Å²) in [6.07, 6.45) is -1.55. The van der Waals surface area contributed by atoms with Crippen molar-refractivity contribution in [1.82, 2.24) is 0 Å². The molecule has 7 nitrogen and oxygen atoms in total. The topological polar surface area (TPSA) is 79.2 Å². The third kappa shape index (κ3) is 3.28. The quantitative estimate of drug-likeness (QED) is 0.587. The molecule has 0 N–H and O–H groups in total. The molecule has 0 saturated carbocycles. The molecule has 1 unspecified atom stereocenters. The van der Waals surface area contributed by atoms with Crippen LogP contribution in [0.1, 0.15) is 29.3 Å². The van der Waals surface area contributed by atoms with E-state index in [4.69, 9.17) is 29.0 Å². The zero-order valence-electron chi connectivity index (χ0n) is 15.8. The van der Waals surface area contributed by atoms with Crippen molar-refractivity contribution < 1.29 is 29.0 Å². The zero-order chi connectivity index (χ0) is 20.4. The Bertz CT molecular complexity index is 1080. The Morgan fingerprint density at radius 3 is 2.03 bits per heavy atom. The minimum absolute atomic E-state index is 0.0606. The molecule has 5 rings (SSSR count). The van der Waals surface area contributed by atoms with Gasteiger partial charge in [-0.15, -0.1) is 0 Å². The number of hydrogen-bond acceptors (Lipinski definition) is 7. The first-order chi connectivity index (χ1) is 14.8. The lowest BCUT2D eigenvalue weighted by Gasteiger charge is -2.19. The van der Waals surface area contributed by atoms with Gasteiger partial charge in [0.05, 0.1) is 0 Å². The number of hydrogen-bond donors (Lipinski definition) is 0. The Labute approximate surface area is 172 Å². The van der Waals surface area contributed by atoms with Crippen LogP contribution in [0.5, 0.6) is 0 Å². The molecule has 2 aliphatic heterocycles. The van der Waals surface area contributed by atoms with Gasteiger partial charge in [0, 0.05) is 16.7 Å². The molecule has 150 valence electrons. The molecule has 0 aromatic heterocycles. The fourth-order valence-corrected chi connectivity index (χ4v) is 3.54. The van der Waals surface area contributed by atoms with Crippen LogP contribution in [-0.4, -0.2) is 6.79 Å². The second-order valence-corrected chi connectivity index (χ2v) is 6.73. The van der Waals surface area contributed by atoms with Gasteiger partial charge in [-0.3, -0.25) is 4.74 Å². The van der Waals surface area contributed by atoms with Crippen LogP contribution in [0.3, 0.4) is 0 Å². The summed E-state index contributed by atoms with van der Waals surface area (Å²) >= 11 is 0. The van der Waals surface area contributed by atoms with Crippen molar-refractivity contribution in [2.45, 2.75) is 18.4 Å². The van der Waals surface area contributed by atoms with E-state index in [1.54, 1.807) is 12.1 Å². The first kappa shape index (κ1) is 18.9. The maximum absolute atomic E-state index is 9.78. The van der Waals surface area contributed by atoms with Crippen LogP contribution in [-0.2, 0) is 34.8 Å². The average molecular weight is 403 g/mol. The second-order valence-electron chi connectivity index (χ2n) is 6.73. The van der Waals surface area contributed by atoms with Crippen LogP contribution in [0.2, 0.25) is 0 Å². The predicted octanol–water partition coefficient (Wildman–Crippen LogP) is 4.64. The molecule has 2 fully saturated rings. The molecule has 3 aromatic carbocycles. The second kappa shape index (κ2) is 7.97. The maximum Gasteiger partial charge on any atom is 0.318 e. The van der Waals surface area contributed by atoms with Crippen molar-refractivity contribution in [3.8, 4) is 17.2 Å². The van der Waals surface area contributed by atoms with Gasteiger partial charge in [0.2, 0.25) is 12.6 Å². The summed E-state index contributed by atoms with van der Waals surface area (Å²) in [6, 6.07) is 26.3. The Balaban J connectivity index is 1.53. The van der Waals surface area contributed by atoms with E-state index in [-0.39, 0.29) is 6.79 Å². The van der Waals surface area contributed by atoms with Gasteiger partial charge < -0.3 is 4.74 Å². The summed E-state index contributed by atoms with van der Waals surface area (Å²) in [4.78, 5) is 21.0. The Hall–Kier alpha value is -3.09. The van der Waals surface area contributed by atoms with Crippen LogP contribution in [0.15, 0.2) is 78.9 Å². The van der Waals surface area contributed by atoms with Gasteiger partial charge in [-0.1, -0.05) is 78.9 Å². The molecule has 7 heteroatoms. The number of ether oxygens (including phenoxy) is 2. The summed E-state index contributed by atoms with van der Waals surface area (Å²) in [5, 5.41) is 9.78. The van der Waals surface area contributed by atoms with E-state index in [0.717, 1.165) is 16.7 Å². The van der Waals surface area contributed by atoms with E-state index in [0.29, 0.717) is 11.1 Å². The van der Waals surface area contributed by atoms with Gasteiger partial charge >= 0.3 is 5.79 Å². The molecule has 3 aromatic rings. The Morgan fingerprint density at radius 2 is 1.40 bits per heavy atom. The number of nitriles is 1. The molecule has 0 amide bonds. The van der Waals surface area contributed by atoms with E-state index in [1.807, 2.05) is 66.7 Å². The van der Waals surface area contributed by atoms with Gasteiger partial charge in [0.15, 0.2) is 6.79 Å².